The number of hydrogen-bond acceptors (Lipinski definition) is 4. The number of carbonyl (C=O) groups is 1. The summed E-state index contributed by atoms with van der Waals surface area (Å²) in [5, 5.41) is 22.7. The molecule has 0 saturated heterocycles. The number of pyridine rings is 1. The van der Waals surface area contributed by atoms with Crippen molar-refractivity contribution in [2.75, 3.05) is 6.61 Å². The standard InChI is InChI=1S/C13H13N3O3/c17-6-5-16-12(13(18)19)10-2-1-8-7-14-4-3-9(8)11(10)15-16/h3-4,7,17H,1-2,5-6H2,(H,18,19). The number of carboxylic acid groups (broad SMARTS) is 1. The van der Waals surface area contributed by atoms with Crippen LogP contribution in [-0.4, -0.2) is 37.6 Å². The second-order valence-corrected chi connectivity index (χ2v) is 4.46. The van der Waals surface area contributed by atoms with Gasteiger partial charge in [-0.2, -0.15) is 5.10 Å². The third-order valence-corrected chi connectivity index (χ3v) is 3.37. The topological polar surface area (TPSA) is 88.2 Å². The molecule has 0 bridgehead atoms. The number of hydrogen-bond donors (Lipinski definition) is 2. The molecule has 0 aromatic carbocycles. The summed E-state index contributed by atoms with van der Waals surface area (Å²) in [6.07, 6.45) is 4.88. The summed E-state index contributed by atoms with van der Waals surface area (Å²) < 4.78 is 1.38. The number of aromatic nitrogens is 3. The minimum absolute atomic E-state index is 0.135. The van der Waals surface area contributed by atoms with E-state index < -0.39 is 5.97 Å². The highest BCUT2D eigenvalue weighted by atomic mass is 16.4. The average molecular weight is 259 g/mol. The summed E-state index contributed by atoms with van der Waals surface area (Å²) >= 11 is 0. The highest BCUT2D eigenvalue weighted by Crippen LogP contribution is 2.33. The van der Waals surface area contributed by atoms with Crippen molar-refractivity contribution >= 4 is 5.97 Å². The highest BCUT2D eigenvalue weighted by Gasteiger charge is 2.27. The maximum atomic E-state index is 11.4. The molecular weight excluding hydrogens is 246 g/mol. The number of nitrogens with zero attached hydrogens (tertiary/aromatic N) is 3. The van der Waals surface area contributed by atoms with E-state index in [1.54, 1.807) is 12.4 Å². The minimum Gasteiger partial charge on any atom is -0.477 e. The fraction of sp³-hybridized carbons (Fsp3) is 0.308. The van der Waals surface area contributed by atoms with Crippen molar-refractivity contribution < 1.29 is 15.0 Å². The lowest BCUT2D eigenvalue weighted by Crippen LogP contribution is -2.14. The predicted molar refractivity (Wildman–Crippen MR) is 66.9 cm³/mol. The van der Waals surface area contributed by atoms with Crippen LogP contribution in [0, 0.1) is 0 Å². The van der Waals surface area contributed by atoms with Gasteiger partial charge in [-0.15, -0.1) is 0 Å². The molecule has 1 aliphatic rings. The van der Waals surface area contributed by atoms with Gasteiger partial charge >= 0.3 is 5.97 Å². The largest absolute Gasteiger partial charge is 0.477 e. The molecular formula is C13H13N3O3. The van der Waals surface area contributed by atoms with Crippen molar-refractivity contribution in [1.29, 1.82) is 0 Å². The van der Waals surface area contributed by atoms with E-state index >= 15 is 0 Å². The van der Waals surface area contributed by atoms with Gasteiger partial charge in [0.2, 0.25) is 0 Å². The van der Waals surface area contributed by atoms with Crippen molar-refractivity contribution in [3.05, 3.63) is 35.3 Å². The van der Waals surface area contributed by atoms with Gasteiger partial charge in [-0.25, -0.2) is 4.79 Å². The third kappa shape index (κ3) is 1.80. The fourth-order valence-corrected chi connectivity index (χ4v) is 2.57. The van der Waals surface area contributed by atoms with Crippen molar-refractivity contribution in [2.45, 2.75) is 19.4 Å². The summed E-state index contributed by atoms with van der Waals surface area (Å²) in [6, 6.07) is 1.86. The maximum absolute atomic E-state index is 11.4. The Morgan fingerprint density at radius 2 is 2.26 bits per heavy atom. The summed E-state index contributed by atoms with van der Waals surface area (Å²) in [7, 11) is 0. The Kier molecular flexibility index (Phi) is 2.79. The van der Waals surface area contributed by atoms with Crippen LogP contribution < -0.4 is 0 Å². The molecule has 6 heteroatoms. The molecule has 2 aromatic heterocycles. The molecule has 0 amide bonds. The van der Waals surface area contributed by atoms with E-state index in [0.29, 0.717) is 12.1 Å². The molecule has 1 aliphatic carbocycles. The van der Waals surface area contributed by atoms with Crippen LogP contribution in [0.3, 0.4) is 0 Å². The van der Waals surface area contributed by atoms with Gasteiger partial charge < -0.3 is 10.2 Å². The van der Waals surface area contributed by atoms with Crippen LogP contribution in [0.1, 0.15) is 21.6 Å². The first kappa shape index (κ1) is 11.9. The maximum Gasteiger partial charge on any atom is 0.354 e. The number of aromatic carboxylic acids is 1. The van der Waals surface area contributed by atoms with Crippen LogP contribution in [0.2, 0.25) is 0 Å². The van der Waals surface area contributed by atoms with Crippen LogP contribution in [0.4, 0.5) is 0 Å². The number of carboxylic acids is 1. The van der Waals surface area contributed by atoms with Crippen LogP contribution in [0.5, 0.6) is 0 Å². The zero-order valence-corrected chi connectivity index (χ0v) is 10.2. The van der Waals surface area contributed by atoms with Crippen molar-refractivity contribution in [3.8, 4) is 11.3 Å². The van der Waals surface area contributed by atoms with E-state index in [1.807, 2.05) is 6.07 Å². The molecule has 98 valence electrons. The molecule has 0 spiro atoms. The zero-order valence-electron chi connectivity index (χ0n) is 10.2. The summed E-state index contributed by atoms with van der Waals surface area (Å²) in [5.74, 6) is -1.00. The van der Waals surface area contributed by atoms with Crippen LogP contribution in [0.25, 0.3) is 11.3 Å². The zero-order chi connectivity index (χ0) is 13.4. The fourth-order valence-electron chi connectivity index (χ4n) is 2.57. The molecule has 2 heterocycles. The monoisotopic (exact) mass is 259 g/mol. The molecule has 0 unspecified atom stereocenters. The molecule has 0 radical (unpaired) electrons. The molecule has 0 aliphatic heterocycles. The van der Waals surface area contributed by atoms with Crippen molar-refractivity contribution in [2.24, 2.45) is 0 Å². The number of rotatable bonds is 3. The molecule has 3 rings (SSSR count). The van der Waals surface area contributed by atoms with Gasteiger partial charge in [-0.1, -0.05) is 0 Å². The molecule has 0 fully saturated rings. The second kappa shape index (κ2) is 4.47. The summed E-state index contributed by atoms with van der Waals surface area (Å²) in [5.41, 5.74) is 3.66. The lowest BCUT2D eigenvalue weighted by molar-refractivity contribution is 0.0680. The van der Waals surface area contributed by atoms with Gasteiger partial charge in [0.05, 0.1) is 18.8 Å². The first-order chi connectivity index (χ1) is 9.22. The summed E-state index contributed by atoms with van der Waals surface area (Å²) in [6.45, 7) is 0.0547. The molecule has 2 N–H and O–H groups in total. The van der Waals surface area contributed by atoms with Crippen LogP contribution in [0.15, 0.2) is 18.5 Å². The third-order valence-electron chi connectivity index (χ3n) is 3.37. The van der Waals surface area contributed by atoms with Crippen molar-refractivity contribution in [3.63, 3.8) is 0 Å². The number of aliphatic hydroxyl groups is 1. The van der Waals surface area contributed by atoms with Crippen LogP contribution in [-0.2, 0) is 19.4 Å². The quantitative estimate of drug-likeness (QED) is 0.848. The van der Waals surface area contributed by atoms with Crippen molar-refractivity contribution in [1.82, 2.24) is 14.8 Å². The Morgan fingerprint density at radius 3 is 3.00 bits per heavy atom. The normalized spacial score (nSPS) is 12.9. The molecule has 0 saturated carbocycles. The Balaban J connectivity index is 2.21. The number of aryl methyl sites for hydroxylation is 1. The first-order valence-corrected chi connectivity index (χ1v) is 6.09. The van der Waals surface area contributed by atoms with E-state index in [9.17, 15) is 9.90 Å². The Hall–Kier alpha value is -2.21. The summed E-state index contributed by atoms with van der Waals surface area (Å²) in [4.78, 5) is 15.5. The first-order valence-electron chi connectivity index (χ1n) is 6.09. The van der Waals surface area contributed by atoms with Gasteiger partial charge in [0.1, 0.15) is 5.69 Å². The average Bonchev–Trinajstić information content (AvgIpc) is 2.77. The molecule has 6 nitrogen and oxygen atoms in total. The van der Waals surface area contributed by atoms with Gasteiger partial charge in [-0.3, -0.25) is 9.67 Å². The molecule has 0 atom stereocenters. The van der Waals surface area contributed by atoms with Gasteiger partial charge in [-0.05, 0) is 24.5 Å². The van der Waals surface area contributed by atoms with E-state index in [-0.39, 0.29) is 18.8 Å². The van der Waals surface area contributed by atoms with Gasteiger partial charge in [0, 0.05) is 23.5 Å². The van der Waals surface area contributed by atoms with Crippen LogP contribution >= 0.6 is 0 Å². The minimum atomic E-state index is -1.00. The van der Waals surface area contributed by atoms with E-state index in [2.05, 4.69) is 10.1 Å². The highest BCUT2D eigenvalue weighted by molar-refractivity contribution is 5.90. The van der Waals surface area contributed by atoms with Gasteiger partial charge in [0.25, 0.3) is 0 Å². The lowest BCUT2D eigenvalue weighted by atomic mass is 9.90. The number of aliphatic hydroxyl groups excluding tert-OH is 1. The number of fused-ring (bicyclic) bond motifs is 3. The second-order valence-electron chi connectivity index (χ2n) is 4.46. The Labute approximate surface area is 109 Å². The van der Waals surface area contributed by atoms with E-state index in [1.165, 1.54) is 4.68 Å². The molecule has 19 heavy (non-hydrogen) atoms. The van der Waals surface area contributed by atoms with Gasteiger partial charge in [0.15, 0.2) is 0 Å². The SMILES string of the molecule is O=C(O)c1c2c(nn1CCO)-c1ccncc1CC2. The predicted octanol–water partition coefficient (Wildman–Crippen LogP) is 0.734. The Bertz CT molecular complexity index is 649. The lowest BCUT2D eigenvalue weighted by Gasteiger charge is -2.14. The Morgan fingerprint density at radius 1 is 1.42 bits per heavy atom. The van der Waals surface area contributed by atoms with E-state index in [4.69, 9.17) is 5.11 Å². The molecule has 2 aromatic rings. The van der Waals surface area contributed by atoms with E-state index in [0.717, 1.165) is 23.1 Å². The smallest absolute Gasteiger partial charge is 0.354 e.